The largest absolute Gasteiger partial charge is 0.465 e. The molecule has 0 atom stereocenters. The highest BCUT2D eigenvalue weighted by Gasteiger charge is 2.14. The molecule has 3 nitrogen and oxygen atoms in total. The third kappa shape index (κ3) is 2.65. The lowest BCUT2D eigenvalue weighted by Gasteiger charge is -2.10. The molecule has 0 saturated heterocycles. The monoisotopic (exact) mass is 216 g/mol. The van der Waals surface area contributed by atoms with Gasteiger partial charge < -0.3 is 9.47 Å². The van der Waals surface area contributed by atoms with E-state index in [2.05, 4.69) is 9.47 Å². The summed E-state index contributed by atoms with van der Waals surface area (Å²) in [7, 11) is 1.22. The van der Waals surface area contributed by atoms with Crippen LogP contribution in [0.15, 0.2) is 18.2 Å². The maximum Gasteiger partial charge on any atom is 0.387 e. The Morgan fingerprint density at radius 2 is 2.07 bits per heavy atom. The van der Waals surface area contributed by atoms with Crippen molar-refractivity contribution < 1.29 is 23.0 Å². The maximum absolute atomic E-state index is 12.0. The summed E-state index contributed by atoms with van der Waals surface area (Å²) in [5.41, 5.74) is 0.556. The van der Waals surface area contributed by atoms with Gasteiger partial charge in [-0.25, -0.2) is 4.79 Å². The number of hydrogen-bond donors (Lipinski definition) is 0. The van der Waals surface area contributed by atoms with Crippen LogP contribution in [0.3, 0.4) is 0 Å². The zero-order valence-electron chi connectivity index (χ0n) is 8.29. The summed E-state index contributed by atoms with van der Waals surface area (Å²) in [6.45, 7) is -1.39. The van der Waals surface area contributed by atoms with Gasteiger partial charge in [0, 0.05) is 5.56 Å². The molecule has 5 heteroatoms. The Balaban J connectivity index is 3.05. The SMILES string of the molecule is COC(=O)c1cccc(OC(F)F)c1C. The van der Waals surface area contributed by atoms with Gasteiger partial charge in [-0.2, -0.15) is 8.78 Å². The number of methoxy groups -OCH3 is 1. The fraction of sp³-hybridized carbons (Fsp3) is 0.300. The van der Waals surface area contributed by atoms with E-state index in [1.807, 2.05) is 0 Å². The Labute approximate surface area is 85.6 Å². The van der Waals surface area contributed by atoms with Crippen LogP contribution in [0.4, 0.5) is 8.78 Å². The number of carbonyl (C=O) groups is 1. The first-order chi connectivity index (χ1) is 7.06. The quantitative estimate of drug-likeness (QED) is 0.727. The molecule has 0 fully saturated rings. The molecule has 0 N–H and O–H groups in total. The van der Waals surface area contributed by atoms with Crippen LogP contribution in [0.5, 0.6) is 5.75 Å². The molecular weight excluding hydrogens is 206 g/mol. The lowest BCUT2D eigenvalue weighted by molar-refractivity contribution is -0.0503. The van der Waals surface area contributed by atoms with Gasteiger partial charge in [0.1, 0.15) is 5.75 Å². The molecule has 1 aromatic carbocycles. The minimum Gasteiger partial charge on any atom is -0.465 e. The zero-order chi connectivity index (χ0) is 11.4. The van der Waals surface area contributed by atoms with Crippen LogP contribution in [-0.4, -0.2) is 19.7 Å². The lowest BCUT2D eigenvalue weighted by atomic mass is 10.1. The maximum atomic E-state index is 12.0. The Morgan fingerprint density at radius 3 is 2.60 bits per heavy atom. The summed E-state index contributed by atoms with van der Waals surface area (Å²) < 4.78 is 32.7. The summed E-state index contributed by atoms with van der Waals surface area (Å²) in [5, 5.41) is 0. The fourth-order valence-electron chi connectivity index (χ4n) is 1.17. The molecular formula is C10H10F2O3. The van der Waals surface area contributed by atoms with Crippen LogP contribution in [0.1, 0.15) is 15.9 Å². The molecule has 0 aromatic heterocycles. The van der Waals surface area contributed by atoms with Gasteiger partial charge >= 0.3 is 12.6 Å². The van der Waals surface area contributed by atoms with Crippen LogP contribution in [0, 0.1) is 6.92 Å². The number of benzene rings is 1. The third-order valence-electron chi connectivity index (χ3n) is 1.91. The predicted octanol–water partition coefficient (Wildman–Crippen LogP) is 2.38. The first kappa shape index (κ1) is 11.4. The number of esters is 1. The van der Waals surface area contributed by atoms with E-state index < -0.39 is 12.6 Å². The number of rotatable bonds is 3. The molecule has 0 heterocycles. The van der Waals surface area contributed by atoms with E-state index in [1.54, 1.807) is 0 Å². The Morgan fingerprint density at radius 1 is 1.40 bits per heavy atom. The van der Waals surface area contributed by atoms with E-state index in [4.69, 9.17) is 0 Å². The molecule has 0 bridgehead atoms. The molecule has 0 amide bonds. The molecule has 0 aliphatic carbocycles. The second-order valence-electron chi connectivity index (χ2n) is 2.80. The van der Waals surface area contributed by atoms with Crippen molar-refractivity contribution in [2.45, 2.75) is 13.5 Å². The summed E-state index contributed by atoms with van der Waals surface area (Å²) in [4.78, 5) is 11.2. The van der Waals surface area contributed by atoms with Crippen LogP contribution >= 0.6 is 0 Å². The highest BCUT2D eigenvalue weighted by molar-refractivity contribution is 5.91. The smallest absolute Gasteiger partial charge is 0.387 e. The van der Waals surface area contributed by atoms with Crippen molar-refractivity contribution in [2.75, 3.05) is 7.11 Å². The molecule has 15 heavy (non-hydrogen) atoms. The average Bonchev–Trinajstić information content (AvgIpc) is 2.19. The van der Waals surface area contributed by atoms with Gasteiger partial charge in [-0.05, 0) is 19.1 Å². The number of ether oxygens (including phenoxy) is 2. The van der Waals surface area contributed by atoms with Gasteiger partial charge in [0.05, 0.1) is 12.7 Å². The molecule has 0 aliphatic rings. The Hall–Kier alpha value is -1.65. The van der Waals surface area contributed by atoms with E-state index in [0.717, 1.165) is 0 Å². The van der Waals surface area contributed by atoms with Crippen LogP contribution in [0.25, 0.3) is 0 Å². The second-order valence-corrected chi connectivity index (χ2v) is 2.80. The molecule has 1 rings (SSSR count). The van der Waals surface area contributed by atoms with Crippen molar-refractivity contribution >= 4 is 5.97 Å². The minimum atomic E-state index is -2.91. The minimum absolute atomic E-state index is 0.0205. The zero-order valence-corrected chi connectivity index (χ0v) is 8.29. The molecule has 0 radical (unpaired) electrons. The fourth-order valence-corrected chi connectivity index (χ4v) is 1.17. The van der Waals surface area contributed by atoms with E-state index in [-0.39, 0.29) is 11.3 Å². The first-order valence-electron chi connectivity index (χ1n) is 4.19. The molecule has 1 aromatic rings. The normalized spacial score (nSPS) is 10.2. The van der Waals surface area contributed by atoms with Crippen LogP contribution in [0.2, 0.25) is 0 Å². The molecule has 82 valence electrons. The van der Waals surface area contributed by atoms with Crippen molar-refractivity contribution in [2.24, 2.45) is 0 Å². The first-order valence-corrected chi connectivity index (χ1v) is 4.19. The number of hydrogen-bond acceptors (Lipinski definition) is 3. The van der Waals surface area contributed by atoms with Crippen molar-refractivity contribution in [3.8, 4) is 5.75 Å². The van der Waals surface area contributed by atoms with Gasteiger partial charge in [-0.1, -0.05) is 6.07 Å². The van der Waals surface area contributed by atoms with Crippen molar-refractivity contribution in [3.05, 3.63) is 29.3 Å². The average molecular weight is 216 g/mol. The van der Waals surface area contributed by atoms with E-state index in [9.17, 15) is 13.6 Å². The van der Waals surface area contributed by atoms with Crippen LogP contribution < -0.4 is 4.74 Å². The van der Waals surface area contributed by atoms with E-state index >= 15 is 0 Å². The highest BCUT2D eigenvalue weighted by Crippen LogP contribution is 2.23. The Kier molecular flexibility index (Phi) is 3.60. The second kappa shape index (κ2) is 4.72. The van der Waals surface area contributed by atoms with Crippen molar-refractivity contribution in [1.29, 1.82) is 0 Å². The van der Waals surface area contributed by atoms with Crippen molar-refractivity contribution in [3.63, 3.8) is 0 Å². The third-order valence-corrected chi connectivity index (χ3v) is 1.91. The summed E-state index contributed by atoms with van der Waals surface area (Å²) in [6.07, 6.45) is 0. The number of alkyl halides is 2. The standard InChI is InChI=1S/C10H10F2O3/c1-6-7(9(13)14-2)4-3-5-8(6)15-10(11)12/h3-5,10H,1-2H3. The topological polar surface area (TPSA) is 35.5 Å². The highest BCUT2D eigenvalue weighted by atomic mass is 19.3. The lowest BCUT2D eigenvalue weighted by Crippen LogP contribution is -2.08. The number of halogens is 2. The summed E-state index contributed by atoms with van der Waals surface area (Å²) >= 11 is 0. The summed E-state index contributed by atoms with van der Waals surface area (Å²) in [6, 6.07) is 4.31. The van der Waals surface area contributed by atoms with E-state index in [0.29, 0.717) is 5.56 Å². The Bertz CT molecular complexity index is 364. The molecule has 0 spiro atoms. The number of carbonyl (C=O) groups excluding carboxylic acids is 1. The van der Waals surface area contributed by atoms with E-state index in [1.165, 1.54) is 32.2 Å². The van der Waals surface area contributed by atoms with Gasteiger partial charge in [0.25, 0.3) is 0 Å². The summed E-state index contributed by atoms with van der Waals surface area (Å²) in [5.74, 6) is -0.597. The molecule has 0 unspecified atom stereocenters. The molecule has 0 saturated carbocycles. The van der Waals surface area contributed by atoms with Gasteiger partial charge in [0.15, 0.2) is 0 Å². The van der Waals surface area contributed by atoms with Gasteiger partial charge in [-0.3, -0.25) is 0 Å². The van der Waals surface area contributed by atoms with Crippen molar-refractivity contribution in [1.82, 2.24) is 0 Å². The predicted molar refractivity (Wildman–Crippen MR) is 49.2 cm³/mol. The van der Waals surface area contributed by atoms with Gasteiger partial charge in [-0.15, -0.1) is 0 Å². The molecule has 0 aliphatic heterocycles. The van der Waals surface area contributed by atoms with Crippen LogP contribution in [-0.2, 0) is 4.74 Å². The van der Waals surface area contributed by atoms with Gasteiger partial charge in [0.2, 0.25) is 0 Å².